The Bertz CT molecular complexity index is 1470. The molecule has 1 aromatic heterocycles. The van der Waals surface area contributed by atoms with Crippen LogP contribution in [0, 0.1) is 25.3 Å². The summed E-state index contributed by atoms with van der Waals surface area (Å²) in [5.41, 5.74) is 13.0. The largest absolute Gasteiger partial charge is 0.355 e. The first-order chi connectivity index (χ1) is 20.6. The number of nitrogens with one attached hydrogen (secondary N) is 2. The van der Waals surface area contributed by atoms with E-state index in [2.05, 4.69) is 75.3 Å². The molecule has 1 amide bonds. The van der Waals surface area contributed by atoms with Gasteiger partial charge in [0.1, 0.15) is 0 Å². The molecule has 0 unspecified atom stereocenters. The van der Waals surface area contributed by atoms with Gasteiger partial charge in [-0.3, -0.25) is 9.69 Å². The molecule has 1 aliphatic rings. The molecule has 4 rings (SSSR count). The summed E-state index contributed by atoms with van der Waals surface area (Å²) in [6.07, 6.45) is 2.70. The Morgan fingerprint density at radius 3 is 2.37 bits per heavy atom. The van der Waals surface area contributed by atoms with Crippen LogP contribution in [0.4, 0.5) is 0 Å². The zero-order valence-electron chi connectivity index (χ0n) is 26.8. The minimum absolute atomic E-state index is 0.133. The number of aromatic nitrogens is 1. The van der Waals surface area contributed by atoms with Crippen molar-refractivity contribution in [2.24, 2.45) is 10.7 Å². The van der Waals surface area contributed by atoms with E-state index in [-0.39, 0.29) is 5.91 Å². The number of H-pyrrole nitrogens is 1. The van der Waals surface area contributed by atoms with Gasteiger partial charge in [-0.25, -0.2) is 0 Å². The van der Waals surface area contributed by atoms with E-state index in [1.54, 1.807) is 0 Å². The second-order valence-corrected chi connectivity index (χ2v) is 12.0. The Morgan fingerprint density at radius 1 is 1.09 bits per heavy atom. The van der Waals surface area contributed by atoms with Gasteiger partial charge in [0, 0.05) is 75.5 Å². The van der Waals surface area contributed by atoms with Gasteiger partial charge in [-0.2, -0.15) is 5.26 Å². The van der Waals surface area contributed by atoms with Crippen LogP contribution in [0.5, 0.6) is 0 Å². The lowest BCUT2D eigenvalue weighted by molar-refractivity contribution is -0.135. The lowest BCUT2D eigenvalue weighted by Crippen LogP contribution is -2.53. The predicted octanol–water partition coefficient (Wildman–Crippen LogP) is 4.14. The number of carbonyl (C=O) groups excluding carboxylic acids is 1. The quantitative estimate of drug-likeness (QED) is 0.187. The van der Waals surface area contributed by atoms with Gasteiger partial charge >= 0.3 is 0 Å². The number of hydrogen-bond acceptors (Lipinski definition) is 5. The molecule has 9 nitrogen and oxygen atoms in total. The Labute approximate surface area is 256 Å². The minimum atomic E-state index is -0.661. The third-order valence-corrected chi connectivity index (χ3v) is 8.65. The molecule has 1 fully saturated rings. The topological polar surface area (TPSA) is 117 Å². The van der Waals surface area contributed by atoms with E-state index in [9.17, 15) is 10.1 Å². The number of rotatable bonds is 10. The Hall–Kier alpha value is -3.87. The number of hydrogen-bond donors (Lipinski definition) is 3. The number of nitrogens with zero attached hydrogens (tertiary/aromatic N) is 5. The van der Waals surface area contributed by atoms with Crippen LogP contribution in [0.1, 0.15) is 49.9 Å². The van der Waals surface area contributed by atoms with Gasteiger partial charge in [-0.1, -0.05) is 23.3 Å². The Morgan fingerprint density at radius 2 is 1.77 bits per heavy atom. The van der Waals surface area contributed by atoms with Crippen LogP contribution in [-0.4, -0.2) is 90.5 Å². The number of nitriles is 1. The van der Waals surface area contributed by atoms with Gasteiger partial charge in [0.2, 0.25) is 18.1 Å². The van der Waals surface area contributed by atoms with E-state index in [0.29, 0.717) is 38.6 Å². The summed E-state index contributed by atoms with van der Waals surface area (Å²) in [7, 11) is 0. The number of benzene rings is 2. The molecule has 43 heavy (non-hydrogen) atoms. The maximum absolute atomic E-state index is 13.5. The summed E-state index contributed by atoms with van der Waals surface area (Å²) in [5, 5.41) is 14.0. The summed E-state index contributed by atoms with van der Waals surface area (Å²) in [6.45, 7) is 19.2. The standard InChI is InChI=1S/C34H48N8O/c1-7-41(8-2)32(43)34(5,6)27-9-10-30-29(22-27)28(31(39-30)26-20-24(3)19-25(4)21-26)11-13-37-33(38-23-36)42-17-15-40(14-12-35)16-18-42/h9-10,19-22,39H,7-8,11-18,35H2,1-6H3,(H,37,38). The van der Waals surface area contributed by atoms with E-state index in [1.165, 1.54) is 16.7 Å². The van der Waals surface area contributed by atoms with E-state index in [4.69, 9.17) is 5.73 Å². The van der Waals surface area contributed by atoms with Crippen molar-refractivity contribution in [1.29, 1.82) is 5.26 Å². The van der Waals surface area contributed by atoms with E-state index in [0.717, 1.165) is 60.4 Å². The first-order valence-electron chi connectivity index (χ1n) is 15.5. The zero-order chi connectivity index (χ0) is 31.1. The Balaban J connectivity index is 1.67. The number of piperazine rings is 1. The van der Waals surface area contributed by atoms with Gasteiger partial charge < -0.3 is 25.8 Å². The van der Waals surface area contributed by atoms with Gasteiger partial charge in [-0.15, -0.1) is 4.99 Å². The predicted molar refractivity (Wildman–Crippen MR) is 176 cm³/mol. The highest BCUT2D eigenvalue weighted by molar-refractivity contribution is 5.94. The number of carbonyl (C=O) groups is 1. The summed E-state index contributed by atoms with van der Waals surface area (Å²) in [4.78, 5) is 27.8. The molecule has 230 valence electrons. The molecule has 0 aliphatic carbocycles. The van der Waals surface area contributed by atoms with Crippen LogP contribution in [0.3, 0.4) is 0 Å². The average Bonchev–Trinajstić information content (AvgIpc) is 3.35. The third-order valence-electron chi connectivity index (χ3n) is 8.65. The summed E-state index contributed by atoms with van der Waals surface area (Å²) in [6, 6.07) is 13.0. The van der Waals surface area contributed by atoms with Crippen LogP contribution >= 0.6 is 0 Å². The molecule has 0 atom stereocenters. The number of likely N-dealkylation sites (N-methyl/N-ethyl adjacent to an activating group) is 1. The van der Waals surface area contributed by atoms with Gasteiger partial charge in [-0.05, 0) is 88.9 Å². The molecule has 1 aliphatic heterocycles. The van der Waals surface area contributed by atoms with Crippen molar-refractivity contribution in [3.63, 3.8) is 0 Å². The molecule has 9 heteroatoms. The average molecular weight is 585 g/mol. The fourth-order valence-corrected chi connectivity index (χ4v) is 6.23. The van der Waals surface area contributed by atoms with E-state index >= 15 is 0 Å². The molecule has 2 heterocycles. The SMILES string of the molecule is CCN(CC)C(=O)C(C)(C)c1ccc2[nH]c(-c3cc(C)cc(C)c3)c(CCN/C(=N/C#N)N3CCN(CCN)CC3)c2c1. The lowest BCUT2D eigenvalue weighted by Gasteiger charge is -2.36. The number of guanidine groups is 1. The van der Waals surface area contributed by atoms with Crippen LogP contribution in [0.25, 0.3) is 22.2 Å². The van der Waals surface area contributed by atoms with Crippen molar-refractivity contribution < 1.29 is 4.79 Å². The van der Waals surface area contributed by atoms with Crippen molar-refractivity contribution in [2.75, 3.05) is 58.9 Å². The first-order valence-corrected chi connectivity index (χ1v) is 15.5. The molecule has 4 N–H and O–H groups in total. The number of aliphatic imine (C=N–C) groups is 1. The molecule has 0 spiro atoms. The summed E-state index contributed by atoms with van der Waals surface area (Å²) >= 11 is 0. The van der Waals surface area contributed by atoms with Crippen LogP contribution in [0.15, 0.2) is 41.4 Å². The molecular formula is C34H48N8O. The first kappa shape index (κ1) is 32.1. The number of amides is 1. The van der Waals surface area contributed by atoms with Crippen molar-refractivity contribution in [2.45, 2.75) is 53.4 Å². The van der Waals surface area contributed by atoms with Crippen molar-refractivity contribution in [3.8, 4) is 17.5 Å². The lowest BCUT2D eigenvalue weighted by atomic mass is 9.82. The minimum Gasteiger partial charge on any atom is -0.355 e. The molecule has 1 saturated heterocycles. The summed E-state index contributed by atoms with van der Waals surface area (Å²) < 4.78 is 0. The number of aromatic amines is 1. The maximum atomic E-state index is 13.5. The highest BCUT2D eigenvalue weighted by Crippen LogP contribution is 2.35. The van der Waals surface area contributed by atoms with Crippen molar-refractivity contribution in [1.82, 2.24) is 25.0 Å². The Kier molecular flexibility index (Phi) is 10.5. The smallest absolute Gasteiger partial charge is 0.232 e. The number of fused-ring (bicyclic) bond motifs is 1. The summed E-state index contributed by atoms with van der Waals surface area (Å²) in [5.74, 6) is 0.753. The molecule has 0 bridgehead atoms. The van der Waals surface area contributed by atoms with E-state index in [1.807, 2.05) is 38.8 Å². The fraction of sp³-hybridized carbons (Fsp3) is 0.500. The second kappa shape index (κ2) is 14.1. The maximum Gasteiger partial charge on any atom is 0.232 e. The van der Waals surface area contributed by atoms with Crippen molar-refractivity contribution in [3.05, 3.63) is 58.7 Å². The number of aryl methyl sites for hydroxylation is 2. The molecule has 3 aromatic rings. The molecule has 0 radical (unpaired) electrons. The molecule has 0 saturated carbocycles. The normalized spacial score (nSPS) is 14.7. The third kappa shape index (κ3) is 7.20. The number of nitrogens with two attached hydrogens (primary N) is 1. The van der Waals surface area contributed by atoms with Crippen molar-refractivity contribution >= 4 is 22.8 Å². The second-order valence-electron chi connectivity index (χ2n) is 12.0. The molecular weight excluding hydrogens is 536 g/mol. The van der Waals surface area contributed by atoms with Gasteiger partial charge in [0.25, 0.3) is 0 Å². The zero-order valence-corrected chi connectivity index (χ0v) is 26.8. The van der Waals surface area contributed by atoms with Gasteiger partial charge in [0.05, 0.1) is 5.41 Å². The molecule has 2 aromatic carbocycles. The highest BCUT2D eigenvalue weighted by Gasteiger charge is 2.33. The van der Waals surface area contributed by atoms with Crippen LogP contribution in [-0.2, 0) is 16.6 Å². The van der Waals surface area contributed by atoms with E-state index < -0.39 is 5.41 Å². The highest BCUT2D eigenvalue weighted by atomic mass is 16.2. The monoisotopic (exact) mass is 584 g/mol. The fourth-order valence-electron chi connectivity index (χ4n) is 6.23. The van der Waals surface area contributed by atoms with Crippen LogP contribution < -0.4 is 11.1 Å². The van der Waals surface area contributed by atoms with Crippen LogP contribution in [0.2, 0.25) is 0 Å². The van der Waals surface area contributed by atoms with Gasteiger partial charge in [0.15, 0.2) is 0 Å².